The van der Waals surface area contributed by atoms with Gasteiger partial charge in [-0.25, -0.2) is 0 Å². The topological polar surface area (TPSA) is 47.6 Å². The van der Waals surface area contributed by atoms with Crippen molar-refractivity contribution in [3.05, 3.63) is 24.3 Å². The summed E-state index contributed by atoms with van der Waals surface area (Å²) in [6.07, 6.45) is 0.616. The highest BCUT2D eigenvalue weighted by molar-refractivity contribution is 5.97. The molecule has 0 aliphatic heterocycles. The Bertz CT molecular complexity index is 422. The van der Waals surface area contributed by atoms with Crippen LogP contribution in [0.1, 0.15) is 34.1 Å². The summed E-state index contributed by atoms with van der Waals surface area (Å²) in [5.74, 6) is 1.15. The lowest BCUT2D eigenvalue weighted by Crippen LogP contribution is -2.41. The van der Waals surface area contributed by atoms with Crippen LogP contribution in [0.2, 0.25) is 0 Å². The molecular weight excluding hydrogens is 254 g/mol. The van der Waals surface area contributed by atoms with Crippen LogP contribution < -0.4 is 10.1 Å². The molecule has 1 atom stereocenters. The first-order valence-corrected chi connectivity index (χ1v) is 7.00. The largest absolute Gasteiger partial charge is 0.493 e. The minimum atomic E-state index is -0.799. The molecule has 1 N–H and O–H groups in total. The molecule has 0 heterocycles. The molecule has 4 heteroatoms. The third-order valence-electron chi connectivity index (χ3n) is 3.30. The summed E-state index contributed by atoms with van der Waals surface area (Å²) < 4.78 is 10.9. The van der Waals surface area contributed by atoms with Gasteiger partial charge >= 0.3 is 0 Å². The number of hydrogen-bond donors (Lipinski definition) is 1. The summed E-state index contributed by atoms with van der Waals surface area (Å²) in [5, 5.41) is 2.86. The van der Waals surface area contributed by atoms with Gasteiger partial charge in [-0.15, -0.1) is 0 Å². The molecule has 0 saturated heterocycles. The molecule has 1 amide bonds. The van der Waals surface area contributed by atoms with Crippen LogP contribution in [0.15, 0.2) is 24.3 Å². The van der Waals surface area contributed by atoms with Gasteiger partial charge in [-0.2, -0.15) is 0 Å². The first-order chi connectivity index (χ1) is 9.41. The van der Waals surface area contributed by atoms with Gasteiger partial charge in [0.15, 0.2) is 0 Å². The van der Waals surface area contributed by atoms with Crippen molar-refractivity contribution in [2.45, 2.75) is 39.7 Å². The molecule has 1 rings (SSSR count). The Balaban J connectivity index is 2.63. The summed E-state index contributed by atoms with van der Waals surface area (Å²) in [6, 6.07) is 7.38. The lowest BCUT2D eigenvalue weighted by Gasteiger charge is -2.25. The number of benzene rings is 1. The second-order valence-corrected chi connectivity index (χ2v) is 5.47. The van der Waals surface area contributed by atoms with Gasteiger partial charge < -0.3 is 14.8 Å². The Labute approximate surface area is 121 Å². The highest BCUT2D eigenvalue weighted by Crippen LogP contribution is 2.20. The Morgan fingerprint density at radius 2 is 1.90 bits per heavy atom. The second kappa shape index (κ2) is 7.29. The zero-order valence-electron chi connectivity index (χ0n) is 13.0. The highest BCUT2D eigenvalue weighted by Gasteiger charge is 2.30. The van der Waals surface area contributed by atoms with Gasteiger partial charge in [-0.3, -0.25) is 4.79 Å². The van der Waals surface area contributed by atoms with Crippen LogP contribution in [0.25, 0.3) is 0 Å². The van der Waals surface area contributed by atoms with Gasteiger partial charge in [0, 0.05) is 12.8 Å². The molecule has 0 aromatic heterocycles. The van der Waals surface area contributed by atoms with Crippen molar-refractivity contribution in [3.63, 3.8) is 0 Å². The van der Waals surface area contributed by atoms with Gasteiger partial charge in [0.1, 0.15) is 11.4 Å². The smallest absolute Gasteiger partial charge is 0.256 e. The van der Waals surface area contributed by atoms with Gasteiger partial charge in [0.2, 0.25) is 0 Å². The van der Waals surface area contributed by atoms with Crippen molar-refractivity contribution in [1.29, 1.82) is 0 Å². The maximum Gasteiger partial charge on any atom is 0.256 e. The lowest BCUT2D eigenvalue weighted by molar-refractivity contribution is -0.136. The van der Waals surface area contributed by atoms with Crippen LogP contribution in [0.4, 0.5) is 5.69 Å². The average molecular weight is 279 g/mol. The summed E-state index contributed by atoms with van der Waals surface area (Å²) in [4.78, 5) is 12.1. The number of amides is 1. The van der Waals surface area contributed by atoms with Crippen LogP contribution in [0, 0.1) is 5.92 Å². The van der Waals surface area contributed by atoms with Crippen molar-refractivity contribution in [2.75, 3.05) is 19.0 Å². The fourth-order valence-electron chi connectivity index (χ4n) is 1.56. The van der Waals surface area contributed by atoms with Gasteiger partial charge in [-0.05, 0) is 43.5 Å². The van der Waals surface area contributed by atoms with E-state index in [0.29, 0.717) is 18.9 Å². The molecule has 0 bridgehead atoms. The zero-order valence-corrected chi connectivity index (χ0v) is 13.0. The van der Waals surface area contributed by atoms with E-state index in [1.807, 2.05) is 31.2 Å². The third kappa shape index (κ3) is 4.53. The normalized spacial score (nSPS) is 13.9. The van der Waals surface area contributed by atoms with E-state index < -0.39 is 5.60 Å². The number of carbonyl (C=O) groups is 1. The van der Waals surface area contributed by atoms with Crippen molar-refractivity contribution < 1.29 is 14.3 Å². The number of hydrogen-bond acceptors (Lipinski definition) is 3. The van der Waals surface area contributed by atoms with Gasteiger partial charge in [-0.1, -0.05) is 20.8 Å². The number of anilines is 1. The van der Waals surface area contributed by atoms with E-state index >= 15 is 0 Å². The van der Waals surface area contributed by atoms with Gasteiger partial charge in [0.25, 0.3) is 5.91 Å². The summed E-state index contributed by atoms with van der Waals surface area (Å²) in [7, 11) is 1.55. The molecule has 0 spiro atoms. The standard InChI is InChI=1S/C16H25NO3/c1-6-16(4,19-5)15(18)17-13-7-9-14(10-8-13)20-11-12(2)3/h7-10,12H,6,11H2,1-5H3,(H,17,18)/t16-/m0/s1. The predicted octanol–water partition coefficient (Wildman–Crippen LogP) is 3.48. The van der Waals surface area contributed by atoms with Crippen LogP contribution >= 0.6 is 0 Å². The van der Waals surface area contributed by atoms with Crippen molar-refractivity contribution in [1.82, 2.24) is 0 Å². The van der Waals surface area contributed by atoms with E-state index in [4.69, 9.17) is 9.47 Å². The fraction of sp³-hybridized carbons (Fsp3) is 0.562. The maximum atomic E-state index is 12.1. The van der Waals surface area contributed by atoms with E-state index in [2.05, 4.69) is 19.2 Å². The average Bonchev–Trinajstić information content (AvgIpc) is 2.45. The number of rotatable bonds is 7. The van der Waals surface area contributed by atoms with Crippen LogP contribution in [-0.2, 0) is 9.53 Å². The number of carbonyl (C=O) groups excluding carboxylic acids is 1. The molecule has 1 aromatic rings. The molecule has 112 valence electrons. The quantitative estimate of drug-likeness (QED) is 0.831. The van der Waals surface area contributed by atoms with E-state index in [9.17, 15) is 4.79 Å². The van der Waals surface area contributed by atoms with E-state index in [1.165, 1.54) is 0 Å². The Hall–Kier alpha value is -1.55. The second-order valence-electron chi connectivity index (χ2n) is 5.47. The fourth-order valence-corrected chi connectivity index (χ4v) is 1.56. The SMILES string of the molecule is CC[C@](C)(OC)C(=O)Nc1ccc(OCC(C)C)cc1. The Morgan fingerprint density at radius 1 is 1.30 bits per heavy atom. The van der Waals surface area contributed by atoms with Crippen molar-refractivity contribution >= 4 is 11.6 Å². The molecular formula is C16H25NO3. The van der Waals surface area contributed by atoms with Gasteiger partial charge in [0.05, 0.1) is 6.61 Å². The van der Waals surface area contributed by atoms with Crippen LogP contribution in [0.3, 0.4) is 0 Å². The molecule has 0 unspecified atom stereocenters. The molecule has 0 aliphatic carbocycles. The molecule has 0 fully saturated rings. The molecule has 4 nitrogen and oxygen atoms in total. The Kier molecular flexibility index (Phi) is 6.02. The minimum absolute atomic E-state index is 0.140. The zero-order chi connectivity index (χ0) is 15.2. The first-order valence-electron chi connectivity index (χ1n) is 7.00. The molecule has 0 saturated carbocycles. The minimum Gasteiger partial charge on any atom is -0.493 e. The summed E-state index contributed by atoms with van der Waals surface area (Å²) >= 11 is 0. The Morgan fingerprint density at radius 3 is 2.35 bits per heavy atom. The predicted molar refractivity (Wildman–Crippen MR) is 81.1 cm³/mol. The molecule has 20 heavy (non-hydrogen) atoms. The van der Waals surface area contributed by atoms with E-state index in [-0.39, 0.29) is 5.91 Å². The molecule has 1 aromatic carbocycles. The lowest BCUT2D eigenvalue weighted by atomic mass is 10.0. The molecule has 0 aliphatic rings. The molecule has 0 radical (unpaired) electrons. The number of nitrogens with one attached hydrogen (secondary N) is 1. The number of ether oxygens (including phenoxy) is 2. The van der Waals surface area contributed by atoms with Crippen LogP contribution in [-0.4, -0.2) is 25.2 Å². The van der Waals surface area contributed by atoms with Crippen molar-refractivity contribution in [3.8, 4) is 5.75 Å². The summed E-state index contributed by atoms with van der Waals surface area (Å²) in [6.45, 7) is 8.59. The van der Waals surface area contributed by atoms with Crippen LogP contribution in [0.5, 0.6) is 5.75 Å². The van der Waals surface area contributed by atoms with E-state index in [1.54, 1.807) is 14.0 Å². The highest BCUT2D eigenvalue weighted by atomic mass is 16.5. The van der Waals surface area contributed by atoms with E-state index in [0.717, 1.165) is 11.4 Å². The number of methoxy groups -OCH3 is 1. The first kappa shape index (κ1) is 16.5. The van der Waals surface area contributed by atoms with Crippen molar-refractivity contribution in [2.24, 2.45) is 5.92 Å². The third-order valence-corrected chi connectivity index (χ3v) is 3.30. The maximum absolute atomic E-state index is 12.1. The monoisotopic (exact) mass is 279 g/mol. The summed E-state index contributed by atoms with van der Waals surface area (Å²) in [5.41, 5.74) is -0.0593.